The Hall–Kier alpha value is -6.73. The van der Waals surface area contributed by atoms with Gasteiger partial charge in [-0.2, -0.15) is 5.01 Å². The fourth-order valence-electron chi connectivity index (χ4n) is 12.4. The summed E-state index contributed by atoms with van der Waals surface area (Å²) in [4.78, 5) is 63.7. The fraction of sp³-hybridized carbons (Fsp3) is 0.530. The van der Waals surface area contributed by atoms with Gasteiger partial charge in [-0.3, -0.25) is 9.88 Å². The van der Waals surface area contributed by atoms with Crippen LogP contribution < -0.4 is 5.46 Å². The summed E-state index contributed by atoms with van der Waals surface area (Å²) in [6, 6.07) is 23.4. The molecule has 0 spiro atoms. The van der Waals surface area contributed by atoms with E-state index in [1.165, 1.54) is 11.1 Å². The van der Waals surface area contributed by atoms with Crippen LogP contribution in [0.4, 0.5) is 14.4 Å². The predicted molar refractivity (Wildman–Crippen MR) is 322 cm³/mol. The number of ether oxygens (including phenoxy) is 6. The molecule has 5 aliphatic rings. The lowest BCUT2D eigenvalue weighted by molar-refractivity contribution is -0.164. The Labute approximate surface area is 495 Å². The van der Waals surface area contributed by atoms with E-state index in [0.29, 0.717) is 39.0 Å². The third-order valence-electron chi connectivity index (χ3n) is 17.2. The molecule has 4 atom stereocenters. The number of hydrogen-bond donors (Lipinski definition) is 0. The Kier molecular flexibility index (Phi) is 16.5. The first-order chi connectivity index (χ1) is 39.6. The zero-order valence-corrected chi connectivity index (χ0v) is 51.8. The number of benzene rings is 3. The van der Waals surface area contributed by atoms with Gasteiger partial charge in [0, 0.05) is 54.2 Å². The van der Waals surface area contributed by atoms with Crippen molar-refractivity contribution in [2.45, 2.75) is 182 Å². The summed E-state index contributed by atoms with van der Waals surface area (Å²) >= 11 is 0. The van der Waals surface area contributed by atoms with E-state index < -0.39 is 65.2 Å². The van der Waals surface area contributed by atoms with Crippen LogP contribution in [0.5, 0.6) is 0 Å². The zero-order valence-electron chi connectivity index (χ0n) is 51.8. The Morgan fingerprint density at radius 3 is 2.06 bits per heavy atom. The fourth-order valence-corrected chi connectivity index (χ4v) is 12.4. The van der Waals surface area contributed by atoms with Crippen molar-refractivity contribution in [1.29, 1.82) is 0 Å². The zero-order chi connectivity index (χ0) is 60.4. The van der Waals surface area contributed by atoms with Gasteiger partial charge < -0.3 is 42.3 Å². The summed E-state index contributed by atoms with van der Waals surface area (Å²) in [5.41, 5.74) is 8.33. The van der Waals surface area contributed by atoms with Crippen molar-refractivity contribution < 1.29 is 56.9 Å². The van der Waals surface area contributed by atoms with Crippen molar-refractivity contribution in [3.8, 4) is 22.4 Å². The van der Waals surface area contributed by atoms with E-state index >= 15 is 0 Å². The number of methoxy groups -OCH3 is 1. The number of aromatic nitrogens is 2. The number of carbonyl (C=O) groups is 4. The van der Waals surface area contributed by atoms with Crippen LogP contribution in [0, 0.1) is 5.41 Å². The van der Waals surface area contributed by atoms with E-state index in [1.54, 1.807) is 48.7 Å². The number of nitrogens with zero attached hydrogens (tertiary/aromatic N) is 5. The molecule has 6 heterocycles. The van der Waals surface area contributed by atoms with Gasteiger partial charge in [0.05, 0.1) is 60.6 Å². The third kappa shape index (κ3) is 12.0. The van der Waals surface area contributed by atoms with Crippen LogP contribution in [-0.4, -0.2) is 136 Å². The highest BCUT2D eigenvalue weighted by Gasteiger charge is 2.52. The van der Waals surface area contributed by atoms with Crippen LogP contribution in [0.15, 0.2) is 85.1 Å². The van der Waals surface area contributed by atoms with E-state index in [0.717, 1.165) is 71.2 Å². The molecule has 0 N–H and O–H groups in total. The minimum absolute atomic E-state index is 0.0381. The highest BCUT2D eigenvalue weighted by Crippen LogP contribution is 2.47. The van der Waals surface area contributed by atoms with Gasteiger partial charge in [0.1, 0.15) is 17.8 Å². The molecule has 2 aromatic heterocycles. The van der Waals surface area contributed by atoms with Gasteiger partial charge in [0.2, 0.25) is 0 Å². The van der Waals surface area contributed by atoms with Crippen LogP contribution in [0.25, 0.3) is 38.9 Å². The molecule has 0 radical (unpaired) electrons. The van der Waals surface area contributed by atoms with Gasteiger partial charge in [-0.15, -0.1) is 0 Å². The normalized spacial score (nSPS) is 20.8. The number of carbonyl (C=O) groups excluding carboxylic acids is 4. The number of aryl methyl sites for hydroxylation is 1. The molecule has 84 heavy (non-hydrogen) atoms. The summed E-state index contributed by atoms with van der Waals surface area (Å²) in [5, 5.41) is 3.20. The molecular weight excluding hydrogens is 1070 g/mol. The number of hydrogen-bond acceptors (Lipinski definition) is 13. The van der Waals surface area contributed by atoms with Crippen LogP contribution in [0.3, 0.4) is 0 Å². The number of fused-ring (bicyclic) bond motifs is 6. The van der Waals surface area contributed by atoms with Crippen molar-refractivity contribution >= 4 is 53.3 Å². The molecule has 18 heteroatoms. The molecular formula is C66H84BN5O12. The smallest absolute Gasteiger partial charge is 0.464 e. The molecule has 10 rings (SSSR count). The summed E-state index contributed by atoms with van der Waals surface area (Å²) in [6.07, 6.45) is 3.25. The Morgan fingerprint density at radius 2 is 1.44 bits per heavy atom. The van der Waals surface area contributed by atoms with Crippen molar-refractivity contribution in [3.63, 3.8) is 0 Å². The molecule has 3 aromatic carbocycles. The summed E-state index contributed by atoms with van der Waals surface area (Å²) < 4.78 is 51.9. The van der Waals surface area contributed by atoms with Gasteiger partial charge in [-0.25, -0.2) is 24.2 Å². The molecule has 17 nitrogen and oxygen atoms in total. The first-order valence-electron chi connectivity index (χ1n) is 29.7. The maximum Gasteiger partial charge on any atom is 0.494 e. The van der Waals surface area contributed by atoms with Crippen LogP contribution in [-0.2, 0) is 55.5 Å². The minimum atomic E-state index is -1.16. The van der Waals surface area contributed by atoms with E-state index in [9.17, 15) is 19.2 Å². The van der Waals surface area contributed by atoms with E-state index in [4.69, 9.17) is 42.7 Å². The molecule has 3 saturated heterocycles. The highest BCUT2D eigenvalue weighted by molar-refractivity contribution is 6.62. The van der Waals surface area contributed by atoms with E-state index in [-0.39, 0.29) is 50.3 Å². The molecule has 3 amide bonds. The predicted octanol–water partition coefficient (Wildman–Crippen LogP) is 12.2. The van der Waals surface area contributed by atoms with Crippen molar-refractivity contribution in [1.82, 2.24) is 24.5 Å². The molecule has 2 unspecified atom stereocenters. The Morgan fingerprint density at radius 1 is 0.798 bits per heavy atom. The number of amides is 3. The topological polar surface area (TPSA) is 170 Å². The SMILES string of the molecule is CCn1c(-c2cc(C3=CC4COCC(C3)N4C(=O)OCC3c4ccccc4-c4ccccc43)cnc2[C@H](C)OC)c(CC(C)(C)COC(=O)[C@@H]2CCCN(C(=O)OC(C)(C)C)N2C(=O)OC(C)(C)C)c2cc(B3OC(C)(C)C(C)(C)O3)ccc21. The second-order valence-corrected chi connectivity index (χ2v) is 26.9. The lowest BCUT2D eigenvalue weighted by Crippen LogP contribution is -2.61. The number of hydrazine groups is 1. The van der Waals surface area contributed by atoms with Gasteiger partial charge in [-0.05, 0) is 165 Å². The van der Waals surface area contributed by atoms with Crippen molar-refractivity contribution in [2.24, 2.45) is 5.41 Å². The molecule has 3 fully saturated rings. The van der Waals surface area contributed by atoms with E-state index in [2.05, 4.69) is 79.9 Å². The Balaban J connectivity index is 0.995. The second kappa shape index (κ2) is 22.9. The molecule has 5 aromatic rings. The summed E-state index contributed by atoms with van der Waals surface area (Å²) in [7, 11) is 1.04. The van der Waals surface area contributed by atoms with Gasteiger partial charge in [0.25, 0.3) is 0 Å². The number of pyridine rings is 1. The monoisotopic (exact) mass is 1150 g/mol. The number of esters is 1. The molecule has 4 aliphatic heterocycles. The summed E-state index contributed by atoms with van der Waals surface area (Å²) in [6.45, 7) is 28.4. The lowest BCUT2D eigenvalue weighted by Gasteiger charge is -2.44. The summed E-state index contributed by atoms with van der Waals surface area (Å²) in [5.74, 6) is -0.731. The minimum Gasteiger partial charge on any atom is -0.464 e. The first kappa shape index (κ1) is 60.4. The highest BCUT2D eigenvalue weighted by atomic mass is 16.7. The average Bonchev–Trinajstić information content (AvgIpc) is 1.90. The standard InChI is InChI=1S/C66H84BN5O12/c1-16-69-54-28-27-43(67-83-65(11,12)66(13,14)84-67)33-50(54)52(34-64(9,10)39-80-58(73)55-26-21-29-70(59(74)81-62(3,4)5)72(55)61(76)82-63(6,7)8)57(69)51-32-42(35-68-56(51)40(2)77-15)41-30-44-36-78-37-45(31-41)71(44)60(75)79-38-53-48-24-19-17-22-46(48)47-23-18-20-25-49(47)53/h17-20,22-25,27-28,30,32-33,35,40,44-45,53,55H,16,21,26,29,31,34,36-39H2,1-15H3/t40-,44?,45?,55-/m0/s1. The molecule has 1 aliphatic carbocycles. The largest absolute Gasteiger partial charge is 0.494 e. The van der Waals surface area contributed by atoms with Crippen LogP contribution in [0.2, 0.25) is 0 Å². The number of morpholine rings is 1. The quantitative estimate of drug-likeness (QED) is 0.0620. The second-order valence-electron chi connectivity index (χ2n) is 26.9. The van der Waals surface area contributed by atoms with Crippen LogP contribution >= 0.6 is 0 Å². The molecule has 2 bridgehead atoms. The Bertz CT molecular complexity index is 3310. The average molecular weight is 1150 g/mol. The maximum atomic E-state index is 14.6. The van der Waals surface area contributed by atoms with E-state index in [1.807, 2.05) is 70.0 Å². The lowest BCUT2D eigenvalue weighted by atomic mass is 9.77. The van der Waals surface area contributed by atoms with Crippen molar-refractivity contribution in [3.05, 3.63) is 113 Å². The van der Waals surface area contributed by atoms with Crippen LogP contribution in [0.1, 0.15) is 156 Å². The maximum absolute atomic E-state index is 14.6. The van der Waals surface area contributed by atoms with Crippen molar-refractivity contribution in [2.75, 3.05) is 40.1 Å². The number of rotatable bonds is 13. The first-order valence-corrected chi connectivity index (χ1v) is 29.7. The van der Waals surface area contributed by atoms with Gasteiger partial charge >= 0.3 is 31.4 Å². The molecule has 448 valence electrons. The van der Waals surface area contributed by atoms with Gasteiger partial charge in [0.15, 0.2) is 6.04 Å². The molecule has 0 saturated carbocycles. The van der Waals surface area contributed by atoms with Gasteiger partial charge in [-0.1, -0.05) is 80.6 Å². The third-order valence-corrected chi connectivity index (χ3v) is 17.2.